The van der Waals surface area contributed by atoms with Gasteiger partial charge in [0.15, 0.2) is 0 Å². The fraction of sp³-hybridized carbons (Fsp3) is 0.750. The average molecular weight is 229 g/mol. The van der Waals surface area contributed by atoms with Crippen molar-refractivity contribution in [2.24, 2.45) is 5.92 Å². The minimum absolute atomic E-state index is 0.354. The van der Waals surface area contributed by atoms with Crippen LogP contribution in [0.25, 0.3) is 0 Å². The number of hydrogen-bond donors (Lipinski definition) is 2. The Bertz CT molecular complexity index is 215. The zero-order valence-corrected chi connectivity index (χ0v) is 10.5. The summed E-state index contributed by atoms with van der Waals surface area (Å²) < 4.78 is 4.83. The number of hydrogen-bond acceptors (Lipinski definition) is 4. The second-order valence-electron chi connectivity index (χ2n) is 4.78. The van der Waals surface area contributed by atoms with Crippen molar-refractivity contribution in [2.45, 2.75) is 32.8 Å². The highest BCUT2D eigenvalue weighted by Crippen LogP contribution is 2.06. The zero-order valence-electron chi connectivity index (χ0n) is 10.5. The molecule has 0 aromatic carbocycles. The van der Waals surface area contributed by atoms with Crippen LogP contribution in [0, 0.1) is 5.92 Å². The number of carbonyl (C=O) groups excluding carboxylic acids is 1. The van der Waals surface area contributed by atoms with Crippen LogP contribution < -0.4 is 5.32 Å². The van der Waals surface area contributed by atoms with Crippen LogP contribution in [0.4, 0.5) is 0 Å². The Morgan fingerprint density at radius 1 is 1.62 bits per heavy atom. The summed E-state index contributed by atoms with van der Waals surface area (Å²) in [7, 11) is 0. The third-order valence-electron chi connectivity index (χ3n) is 1.99. The first-order chi connectivity index (χ1) is 7.39. The van der Waals surface area contributed by atoms with Crippen molar-refractivity contribution in [3.05, 3.63) is 12.7 Å². The summed E-state index contributed by atoms with van der Waals surface area (Å²) in [6.45, 7) is 11.2. The Morgan fingerprint density at radius 2 is 2.25 bits per heavy atom. The van der Waals surface area contributed by atoms with Gasteiger partial charge < -0.3 is 15.2 Å². The molecule has 1 aliphatic heterocycles. The molecule has 2 N–H and O–H groups in total. The monoisotopic (exact) mass is 229 g/mol. The van der Waals surface area contributed by atoms with Crippen LogP contribution in [-0.4, -0.2) is 36.4 Å². The van der Waals surface area contributed by atoms with Gasteiger partial charge in [0, 0.05) is 19.2 Å². The van der Waals surface area contributed by atoms with E-state index >= 15 is 0 Å². The molecular weight excluding hydrogens is 206 g/mol. The number of aliphatic hydroxyl groups is 1. The van der Waals surface area contributed by atoms with Gasteiger partial charge in [-0.25, -0.2) is 4.79 Å². The summed E-state index contributed by atoms with van der Waals surface area (Å²) in [5.41, 5.74) is -0.398. The highest BCUT2D eigenvalue weighted by atomic mass is 16.6. The van der Waals surface area contributed by atoms with Gasteiger partial charge in [0.2, 0.25) is 0 Å². The van der Waals surface area contributed by atoms with Crippen LogP contribution in [0.2, 0.25) is 0 Å². The molecule has 0 saturated carbocycles. The van der Waals surface area contributed by atoms with Crippen molar-refractivity contribution < 1.29 is 14.6 Å². The fourth-order valence-electron chi connectivity index (χ4n) is 1.21. The zero-order chi connectivity index (χ0) is 12.6. The molecule has 4 heteroatoms. The van der Waals surface area contributed by atoms with Gasteiger partial charge >= 0.3 is 5.97 Å². The maximum Gasteiger partial charge on any atom is 0.330 e. The van der Waals surface area contributed by atoms with E-state index in [1.807, 2.05) is 20.8 Å². The van der Waals surface area contributed by atoms with Gasteiger partial charge in [-0.15, -0.1) is 0 Å². The van der Waals surface area contributed by atoms with Gasteiger partial charge in [0.05, 0.1) is 0 Å². The third-order valence-corrected chi connectivity index (χ3v) is 1.99. The lowest BCUT2D eigenvalue weighted by molar-refractivity contribution is -0.148. The Hall–Kier alpha value is -0.870. The lowest BCUT2D eigenvalue weighted by Gasteiger charge is -2.17. The predicted molar refractivity (Wildman–Crippen MR) is 64.1 cm³/mol. The molecule has 1 aliphatic rings. The lowest BCUT2D eigenvalue weighted by atomic mass is 10.1. The molecule has 0 amide bonds. The maximum absolute atomic E-state index is 10.5. The smallest absolute Gasteiger partial charge is 0.330 e. The number of nitrogens with one attached hydrogen (secondary N) is 1. The van der Waals surface area contributed by atoms with Crippen molar-refractivity contribution in [2.75, 3.05) is 19.7 Å². The molecule has 0 aromatic rings. The van der Waals surface area contributed by atoms with Gasteiger partial charge in [0.1, 0.15) is 5.60 Å². The summed E-state index contributed by atoms with van der Waals surface area (Å²) in [4.78, 5) is 10.5. The summed E-state index contributed by atoms with van der Waals surface area (Å²) in [5.74, 6) is 0.169. The summed E-state index contributed by atoms with van der Waals surface area (Å²) >= 11 is 0. The number of carbonyl (C=O) groups is 1. The van der Waals surface area contributed by atoms with Gasteiger partial charge in [0.25, 0.3) is 0 Å². The topological polar surface area (TPSA) is 58.6 Å². The second-order valence-corrected chi connectivity index (χ2v) is 4.78. The molecule has 16 heavy (non-hydrogen) atoms. The molecule has 4 nitrogen and oxygen atoms in total. The molecule has 0 radical (unpaired) electrons. The van der Waals surface area contributed by atoms with Gasteiger partial charge in [-0.2, -0.15) is 0 Å². The van der Waals surface area contributed by atoms with E-state index in [1.54, 1.807) is 0 Å². The minimum atomic E-state index is -0.398. The molecule has 1 saturated heterocycles. The Morgan fingerprint density at radius 3 is 2.44 bits per heavy atom. The van der Waals surface area contributed by atoms with Crippen molar-refractivity contribution in [1.29, 1.82) is 0 Å². The third kappa shape index (κ3) is 8.44. The molecular formula is C12H23NO3. The highest BCUT2D eigenvalue weighted by Gasteiger charge is 2.13. The van der Waals surface area contributed by atoms with E-state index in [9.17, 15) is 4.79 Å². The molecule has 1 unspecified atom stereocenters. The highest BCUT2D eigenvalue weighted by molar-refractivity contribution is 5.81. The Labute approximate surface area is 97.7 Å². The van der Waals surface area contributed by atoms with Crippen molar-refractivity contribution in [3.8, 4) is 0 Å². The summed E-state index contributed by atoms with van der Waals surface area (Å²) in [5, 5.41) is 11.7. The molecule has 1 fully saturated rings. The van der Waals surface area contributed by atoms with Crippen LogP contribution in [0.15, 0.2) is 12.7 Å². The van der Waals surface area contributed by atoms with Crippen molar-refractivity contribution in [1.82, 2.24) is 5.32 Å². The first kappa shape index (κ1) is 15.1. The van der Waals surface area contributed by atoms with Crippen molar-refractivity contribution in [3.63, 3.8) is 0 Å². The van der Waals surface area contributed by atoms with E-state index in [0.717, 1.165) is 25.6 Å². The van der Waals surface area contributed by atoms with E-state index < -0.39 is 5.60 Å². The molecule has 0 spiro atoms. The van der Waals surface area contributed by atoms with Crippen LogP contribution in [0.3, 0.4) is 0 Å². The summed E-state index contributed by atoms with van der Waals surface area (Å²) in [6.07, 6.45) is 2.31. The standard InChI is InChI=1S/C7H12O2.C5H11NO/c1-5-6(8)9-7(2,3)4;7-4-5-1-2-6-3-5/h5H,1H2,2-4H3;5-7H,1-4H2. The second kappa shape index (κ2) is 7.41. The van der Waals surface area contributed by atoms with E-state index in [4.69, 9.17) is 9.84 Å². The first-order valence-electron chi connectivity index (χ1n) is 5.56. The maximum atomic E-state index is 10.5. The first-order valence-corrected chi connectivity index (χ1v) is 5.56. The Kier molecular flexibility index (Phi) is 7.01. The quantitative estimate of drug-likeness (QED) is 0.550. The van der Waals surface area contributed by atoms with E-state index in [0.29, 0.717) is 12.5 Å². The van der Waals surface area contributed by atoms with Gasteiger partial charge in [-0.1, -0.05) is 6.58 Å². The average Bonchev–Trinajstić information content (AvgIpc) is 2.68. The van der Waals surface area contributed by atoms with Gasteiger partial charge in [-0.05, 0) is 39.7 Å². The molecule has 0 aliphatic carbocycles. The SMILES string of the molecule is C=CC(=O)OC(C)(C)C.OCC1CCNC1. The van der Waals surface area contributed by atoms with E-state index in [-0.39, 0.29) is 5.97 Å². The number of rotatable bonds is 2. The molecule has 1 rings (SSSR count). The molecule has 1 atom stereocenters. The largest absolute Gasteiger partial charge is 0.457 e. The minimum Gasteiger partial charge on any atom is -0.457 e. The number of aliphatic hydroxyl groups excluding tert-OH is 1. The summed E-state index contributed by atoms with van der Waals surface area (Å²) in [6, 6.07) is 0. The van der Waals surface area contributed by atoms with E-state index in [1.165, 1.54) is 0 Å². The molecule has 0 aromatic heterocycles. The van der Waals surface area contributed by atoms with Crippen molar-refractivity contribution >= 4 is 5.97 Å². The predicted octanol–water partition coefficient (Wildman–Crippen LogP) is 1.10. The number of esters is 1. The van der Waals surface area contributed by atoms with Crippen LogP contribution >= 0.6 is 0 Å². The van der Waals surface area contributed by atoms with Crippen LogP contribution in [0.1, 0.15) is 27.2 Å². The van der Waals surface area contributed by atoms with Gasteiger partial charge in [-0.3, -0.25) is 0 Å². The molecule has 0 bridgehead atoms. The van der Waals surface area contributed by atoms with Crippen LogP contribution in [-0.2, 0) is 9.53 Å². The number of ether oxygens (including phenoxy) is 1. The molecule has 1 heterocycles. The molecule has 94 valence electrons. The lowest BCUT2D eigenvalue weighted by Crippen LogP contribution is -2.22. The Balaban J connectivity index is 0.000000288. The fourth-order valence-corrected chi connectivity index (χ4v) is 1.21. The normalized spacial score (nSPS) is 19.6. The van der Waals surface area contributed by atoms with E-state index in [2.05, 4.69) is 11.9 Å². The van der Waals surface area contributed by atoms with Crippen LogP contribution in [0.5, 0.6) is 0 Å².